The van der Waals surface area contributed by atoms with E-state index in [1.165, 1.54) is 12.8 Å². The molecule has 0 aromatic heterocycles. The van der Waals surface area contributed by atoms with E-state index >= 15 is 0 Å². The maximum Gasteiger partial charge on any atom is 0.124 e. The van der Waals surface area contributed by atoms with E-state index in [4.69, 9.17) is 9.47 Å². The molecule has 2 aliphatic heterocycles. The van der Waals surface area contributed by atoms with Gasteiger partial charge in [0.05, 0.1) is 13.2 Å². The lowest BCUT2D eigenvalue weighted by Gasteiger charge is -2.32. The molecule has 1 aromatic carbocycles. The minimum atomic E-state index is -0.548. The number of aliphatic hydroxyl groups excluding tert-OH is 2. The van der Waals surface area contributed by atoms with Gasteiger partial charge in [-0.3, -0.25) is 4.90 Å². The molecule has 1 atom stereocenters. The van der Waals surface area contributed by atoms with Gasteiger partial charge in [-0.15, -0.1) is 0 Å². The summed E-state index contributed by atoms with van der Waals surface area (Å²) in [7, 11) is 1.68. The van der Waals surface area contributed by atoms with Gasteiger partial charge in [0, 0.05) is 37.3 Å². The molecule has 2 saturated heterocycles. The van der Waals surface area contributed by atoms with E-state index in [0.717, 1.165) is 56.1 Å². The molecule has 2 fully saturated rings. The summed E-state index contributed by atoms with van der Waals surface area (Å²) in [5.41, 5.74) is 1.29. The third-order valence-electron chi connectivity index (χ3n) is 6.16. The number of piperidine rings is 1. The Morgan fingerprint density at radius 3 is 2.61 bits per heavy atom. The lowest BCUT2D eigenvalue weighted by Crippen LogP contribution is -2.42. The molecule has 0 unspecified atom stereocenters. The number of hydrogen-bond acceptors (Lipinski definition) is 6. The van der Waals surface area contributed by atoms with E-state index in [2.05, 4.69) is 23.6 Å². The van der Waals surface area contributed by atoms with Gasteiger partial charge in [0.1, 0.15) is 24.2 Å². The molecule has 1 aromatic rings. The van der Waals surface area contributed by atoms with Crippen molar-refractivity contribution in [2.45, 2.75) is 63.8 Å². The summed E-state index contributed by atoms with van der Waals surface area (Å²) in [4.78, 5) is 4.69. The van der Waals surface area contributed by atoms with Crippen LogP contribution in [0.5, 0.6) is 11.5 Å². The number of rotatable bonds is 8. The summed E-state index contributed by atoms with van der Waals surface area (Å²) >= 11 is 0. The fourth-order valence-corrected chi connectivity index (χ4v) is 4.25. The number of benzene rings is 1. The van der Waals surface area contributed by atoms with E-state index in [9.17, 15) is 10.2 Å². The van der Waals surface area contributed by atoms with E-state index < -0.39 is 6.10 Å². The number of hydrogen-bond donors (Lipinski definition) is 2. The van der Waals surface area contributed by atoms with Gasteiger partial charge < -0.3 is 24.6 Å². The minimum absolute atomic E-state index is 0.193. The largest absolute Gasteiger partial charge is 0.497 e. The molecular formula is C22H36N2O4. The monoisotopic (exact) mass is 392 g/mol. The zero-order valence-corrected chi connectivity index (χ0v) is 17.6. The number of nitrogens with zero attached hydrogens (tertiary/aromatic N) is 2. The maximum absolute atomic E-state index is 10.4. The first-order valence-corrected chi connectivity index (χ1v) is 10.5. The Labute approximate surface area is 169 Å². The van der Waals surface area contributed by atoms with Crippen LogP contribution in [0.4, 0.5) is 0 Å². The van der Waals surface area contributed by atoms with Crippen LogP contribution < -0.4 is 9.47 Å². The quantitative estimate of drug-likeness (QED) is 0.708. The molecule has 2 aliphatic rings. The highest BCUT2D eigenvalue weighted by atomic mass is 16.5. The molecule has 6 heteroatoms. The summed E-state index contributed by atoms with van der Waals surface area (Å²) < 4.78 is 11.4. The van der Waals surface area contributed by atoms with Crippen LogP contribution in [0.25, 0.3) is 0 Å². The lowest BCUT2D eigenvalue weighted by atomic mass is 10.0. The molecule has 0 bridgehead atoms. The first-order chi connectivity index (χ1) is 13.4. The van der Waals surface area contributed by atoms with Gasteiger partial charge >= 0.3 is 0 Å². The Hall–Kier alpha value is -1.34. The Morgan fingerprint density at radius 2 is 1.96 bits per heavy atom. The SMILES string of the molecule is COc1ccc(OC[C@@H](O)CN2CCC(O)CC2)c(CN2CCCC2(C)C)c1. The smallest absolute Gasteiger partial charge is 0.124 e. The summed E-state index contributed by atoms with van der Waals surface area (Å²) in [5.74, 6) is 1.64. The van der Waals surface area contributed by atoms with Crippen LogP contribution in [0.3, 0.4) is 0 Å². The molecule has 2 heterocycles. The Bertz CT molecular complexity index is 629. The van der Waals surface area contributed by atoms with E-state index in [1.54, 1.807) is 7.11 Å². The minimum Gasteiger partial charge on any atom is -0.497 e. The highest BCUT2D eigenvalue weighted by molar-refractivity contribution is 5.40. The van der Waals surface area contributed by atoms with Crippen molar-refractivity contribution in [2.75, 3.05) is 39.9 Å². The number of methoxy groups -OCH3 is 1. The normalized spacial score (nSPS) is 22.3. The van der Waals surface area contributed by atoms with Crippen LogP contribution in [-0.2, 0) is 6.54 Å². The summed E-state index contributed by atoms with van der Waals surface area (Å²) in [6, 6.07) is 5.90. The van der Waals surface area contributed by atoms with E-state index in [0.29, 0.717) is 6.54 Å². The Kier molecular flexibility index (Phi) is 7.20. The van der Waals surface area contributed by atoms with Gasteiger partial charge in [0.2, 0.25) is 0 Å². The van der Waals surface area contributed by atoms with Crippen molar-refractivity contribution in [3.63, 3.8) is 0 Å². The van der Waals surface area contributed by atoms with Gasteiger partial charge in [-0.1, -0.05) is 0 Å². The van der Waals surface area contributed by atoms with Crippen molar-refractivity contribution in [3.05, 3.63) is 23.8 Å². The third-order valence-corrected chi connectivity index (χ3v) is 6.16. The highest BCUT2D eigenvalue weighted by Crippen LogP contribution is 2.33. The molecule has 158 valence electrons. The van der Waals surface area contributed by atoms with Gasteiger partial charge in [-0.05, 0) is 64.3 Å². The number of β-amino-alcohol motifs (C(OH)–C–C–N with tert-alkyl or cyclic N) is 1. The molecule has 3 rings (SSSR count). The summed E-state index contributed by atoms with van der Waals surface area (Å²) in [5, 5.41) is 20.0. The molecule has 2 N–H and O–H groups in total. The highest BCUT2D eigenvalue weighted by Gasteiger charge is 2.32. The number of ether oxygens (including phenoxy) is 2. The topological polar surface area (TPSA) is 65.4 Å². The molecule has 0 amide bonds. The summed E-state index contributed by atoms with van der Waals surface area (Å²) in [6.45, 7) is 9.00. The van der Waals surface area contributed by atoms with Gasteiger partial charge in [0.25, 0.3) is 0 Å². The average molecular weight is 393 g/mol. The zero-order chi connectivity index (χ0) is 20.1. The second-order valence-corrected chi connectivity index (χ2v) is 8.81. The molecule has 0 spiro atoms. The predicted octanol–water partition coefficient (Wildman–Crippen LogP) is 2.27. The van der Waals surface area contributed by atoms with E-state index in [-0.39, 0.29) is 18.2 Å². The molecule has 6 nitrogen and oxygen atoms in total. The van der Waals surface area contributed by atoms with Crippen molar-refractivity contribution >= 4 is 0 Å². The first kappa shape index (κ1) is 21.4. The second kappa shape index (κ2) is 9.44. The molecule has 0 aliphatic carbocycles. The third kappa shape index (κ3) is 5.60. The lowest BCUT2D eigenvalue weighted by molar-refractivity contribution is 0.0334. The second-order valence-electron chi connectivity index (χ2n) is 8.81. The number of aliphatic hydroxyl groups is 2. The summed E-state index contributed by atoms with van der Waals surface area (Å²) in [6.07, 6.45) is 3.24. The van der Waals surface area contributed by atoms with Gasteiger partial charge in [-0.25, -0.2) is 0 Å². The molecule has 0 saturated carbocycles. The predicted molar refractivity (Wildman–Crippen MR) is 110 cm³/mol. The van der Waals surface area contributed by atoms with Gasteiger partial charge in [-0.2, -0.15) is 0 Å². The van der Waals surface area contributed by atoms with Crippen molar-refractivity contribution < 1.29 is 19.7 Å². The average Bonchev–Trinajstić information content (AvgIpc) is 3.00. The first-order valence-electron chi connectivity index (χ1n) is 10.5. The maximum atomic E-state index is 10.4. The standard InChI is InChI=1S/C22H36N2O4/c1-22(2)9-4-10-24(22)14-17-13-20(27-3)5-6-21(17)28-16-19(26)15-23-11-7-18(25)8-12-23/h5-6,13,18-19,25-26H,4,7-12,14-16H2,1-3H3/t19-/m0/s1. The van der Waals surface area contributed by atoms with Crippen LogP contribution in [0.2, 0.25) is 0 Å². The van der Waals surface area contributed by atoms with Crippen LogP contribution in [0.1, 0.15) is 45.1 Å². The zero-order valence-electron chi connectivity index (χ0n) is 17.6. The molecular weight excluding hydrogens is 356 g/mol. The molecule has 0 radical (unpaired) electrons. The Morgan fingerprint density at radius 1 is 1.21 bits per heavy atom. The van der Waals surface area contributed by atoms with Gasteiger partial charge in [0.15, 0.2) is 0 Å². The van der Waals surface area contributed by atoms with E-state index in [1.807, 2.05) is 18.2 Å². The number of likely N-dealkylation sites (tertiary alicyclic amines) is 2. The molecule has 28 heavy (non-hydrogen) atoms. The Balaban J connectivity index is 1.59. The fraction of sp³-hybridized carbons (Fsp3) is 0.727. The fourth-order valence-electron chi connectivity index (χ4n) is 4.25. The van der Waals surface area contributed by atoms with Crippen molar-refractivity contribution in [1.82, 2.24) is 9.80 Å². The van der Waals surface area contributed by atoms with Crippen molar-refractivity contribution in [3.8, 4) is 11.5 Å². The van der Waals surface area contributed by atoms with Crippen LogP contribution in [0.15, 0.2) is 18.2 Å². The van der Waals surface area contributed by atoms with Crippen LogP contribution in [-0.4, -0.2) is 77.7 Å². The van der Waals surface area contributed by atoms with Crippen molar-refractivity contribution in [1.29, 1.82) is 0 Å². The van der Waals surface area contributed by atoms with Crippen LogP contribution in [0, 0.1) is 0 Å². The van der Waals surface area contributed by atoms with Crippen molar-refractivity contribution in [2.24, 2.45) is 0 Å². The van der Waals surface area contributed by atoms with Crippen LogP contribution >= 0.6 is 0 Å².